The lowest BCUT2D eigenvalue weighted by Crippen LogP contribution is -2.11. The van der Waals surface area contributed by atoms with Gasteiger partial charge in [-0.25, -0.2) is 4.98 Å². The number of fused-ring (bicyclic) bond motifs is 1. The molecule has 1 N–H and O–H groups in total. The first-order chi connectivity index (χ1) is 12.6. The van der Waals surface area contributed by atoms with E-state index >= 15 is 0 Å². The second-order valence-electron chi connectivity index (χ2n) is 5.98. The molecule has 26 heavy (non-hydrogen) atoms. The van der Waals surface area contributed by atoms with Gasteiger partial charge in [0.15, 0.2) is 5.58 Å². The van der Waals surface area contributed by atoms with Gasteiger partial charge in [0.05, 0.1) is 0 Å². The summed E-state index contributed by atoms with van der Waals surface area (Å²) in [5.41, 5.74) is 4.59. The highest BCUT2D eigenvalue weighted by Gasteiger charge is 2.12. The molecule has 4 aromatic rings. The number of benzene rings is 3. The Hall–Kier alpha value is -3.11. The van der Waals surface area contributed by atoms with Crippen molar-refractivity contribution in [1.29, 1.82) is 0 Å². The number of carbonyl (C=O) groups excluding carboxylic acids is 1. The van der Waals surface area contributed by atoms with Crippen molar-refractivity contribution >= 4 is 34.3 Å². The van der Waals surface area contributed by atoms with E-state index in [-0.39, 0.29) is 5.91 Å². The molecular formula is C21H15ClN2O2. The fourth-order valence-electron chi connectivity index (χ4n) is 2.73. The van der Waals surface area contributed by atoms with Gasteiger partial charge in [-0.3, -0.25) is 4.79 Å². The lowest BCUT2D eigenvalue weighted by Gasteiger charge is -2.05. The summed E-state index contributed by atoms with van der Waals surface area (Å²) >= 11 is 5.85. The summed E-state index contributed by atoms with van der Waals surface area (Å²) in [4.78, 5) is 16.9. The monoisotopic (exact) mass is 362 g/mol. The minimum Gasteiger partial charge on any atom is -0.436 e. The topological polar surface area (TPSA) is 55.1 Å². The second kappa shape index (κ2) is 6.65. The molecule has 0 saturated heterocycles. The van der Waals surface area contributed by atoms with Gasteiger partial charge in [0.1, 0.15) is 5.52 Å². The van der Waals surface area contributed by atoms with E-state index < -0.39 is 0 Å². The Bertz CT molecular complexity index is 1100. The number of hydrogen-bond donors (Lipinski definition) is 1. The molecule has 4 nitrogen and oxygen atoms in total. The first-order valence-corrected chi connectivity index (χ1v) is 8.51. The Kier molecular flexibility index (Phi) is 4.19. The van der Waals surface area contributed by atoms with Crippen LogP contribution in [0.15, 0.2) is 71.1 Å². The molecule has 0 bridgehead atoms. The Balaban J connectivity index is 1.62. The Morgan fingerprint density at radius 1 is 1.04 bits per heavy atom. The molecule has 1 aromatic heterocycles. The van der Waals surface area contributed by atoms with Crippen molar-refractivity contribution in [1.82, 2.24) is 4.98 Å². The third kappa shape index (κ3) is 3.19. The zero-order valence-corrected chi connectivity index (χ0v) is 14.7. The summed E-state index contributed by atoms with van der Waals surface area (Å²) in [6.07, 6.45) is 0. The third-order valence-electron chi connectivity index (χ3n) is 4.13. The maximum atomic E-state index is 12.3. The van der Waals surface area contributed by atoms with Crippen molar-refractivity contribution in [2.24, 2.45) is 0 Å². The van der Waals surface area contributed by atoms with E-state index in [0.29, 0.717) is 27.7 Å². The number of halogens is 1. The van der Waals surface area contributed by atoms with Gasteiger partial charge in [0.25, 0.3) is 5.91 Å². The minimum absolute atomic E-state index is 0.209. The summed E-state index contributed by atoms with van der Waals surface area (Å²) in [6.45, 7) is 2.02. The van der Waals surface area contributed by atoms with Gasteiger partial charge < -0.3 is 9.73 Å². The second-order valence-corrected chi connectivity index (χ2v) is 6.41. The normalized spacial score (nSPS) is 10.8. The van der Waals surface area contributed by atoms with Gasteiger partial charge in [-0.05, 0) is 55.0 Å². The molecule has 1 amide bonds. The van der Waals surface area contributed by atoms with Crippen molar-refractivity contribution in [3.05, 3.63) is 82.9 Å². The summed E-state index contributed by atoms with van der Waals surface area (Å²) < 4.78 is 5.90. The molecule has 5 heteroatoms. The molecule has 0 atom stereocenters. The van der Waals surface area contributed by atoms with Crippen molar-refractivity contribution in [3.63, 3.8) is 0 Å². The number of hydrogen-bond acceptors (Lipinski definition) is 3. The van der Waals surface area contributed by atoms with E-state index in [4.69, 9.17) is 16.0 Å². The lowest BCUT2D eigenvalue weighted by molar-refractivity contribution is 0.102. The van der Waals surface area contributed by atoms with Crippen LogP contribution in [0.3, 0.4) is 0 Å². The number of aromatic nitrogens is 1. The number of rotatable bonds is 3. The standard InChI is InChI=1S/C21H15ClN2O2/c1-13-4-2-3-5-17(13)21-24-18-11-10-16(12-19(18)26-21)23-20(25)14-6-8-15(22)9-7-14/h2-12H,1H3,(H,23,25). The molecule has 0 fully saturated rings. The van der Waals surface area contributed by atoms with E-state index in [1.165, 1.54) is 0 Å². The molecule has 4 rings (SSSR count). The average molecular weight is 363 g/mol. The SMILES string of the molecule is Cc1ccccc1-c1nc2ccc(NC(=O)c3ccc(Cl)cc3)cc2o1. The van der Waals surface area contributed by atoms with E-state index in [2.05, 4.69) is 10.3 Å². The van der Waals surface area contributed by atoms with Gasteiger partial charge in [-0.15, -0.1) is 0 Å². The molecule has 0 unspecified atom stereocenters. The van der Waals surface area contributed by atoms with E-state index in [1.807, 2.05) is 37.3 Å². The summed E-state index contributed by atoms with van der Waals surface area (Å²) in [6, 6.07) is 20.1. The summed E-state index contributed by atoms with van der Waals surface area (Å²) in [5.74, 6) is 0.360. The number of amides is 1. The number of carbonyl (C=O) groups is 1. The lowest BCUT2D eigenvalue weighted by atomic mass is 10.1. The number of nitrogens with one attached hydrogen (secondary N) is 1. The average Bonchev–Trinajstić information content (AvgIpc) is 3.05. The van der Waals surface area contributed by atoms with Crippen molar-refractivity contribution in [3.8, 4) is 11.5 Å². The van der Waals surface area contributed by atoms with Crippen LogP contribution in [0.1, 0.15) is 15.9 Å². The first kappa shape index (κ1) is 16.4. The fraction of sp³-hybridized carbons (Fsp3) is 0.0476. The molecule has 0 aliphatic rings. The highest BCUT2D eigenvalue weighted by atomic mass is 35.5. The van der Waals surface area contributed by atoms with E-state index in [1.54, 1.807) is 36.4 Å². The molecule has 3 aromatic carbocycles. The first-order valence-electron chi connectivity index (χ1n) is 8.14. The van der Waals surface area contributed by atoms with E-state index in [9.17, 15) is 4.79 Å². The number of anilines is 1. The predicted molar refractivity (Wildman–Crippen MR) is 104 cm³/mol. The van der Waals surface area contributed by atoms with Gasteiger partial charge >= 0.3 is 0 Å². The van der Waals surface area contributed by atoms with Crippen molar-refractivity contribution < 1.29 is 9.21 Å². The smallest absolute Gasteiger partial charge is 0.255 e. The van der Waals surface area contributed by atoms with Gasteiger partial charge in [0, 0.05) is 27.9 Å². The highest BCUT2D eigenvalue weighted by molar-refractivity contribution is 6.30. The van der Waals surface area contributed by atoms with Gasteiger partial charge in [0.2, 0.25) is 5.89 Å². The van der Waals surface area contributed by atoms with Crippen LogP contribution in [0.2, 0.25) is 5.02 Å². The van der Waals surface area contributed by atoms with Crippen LogP contribution in [0, 0.1) is 6.92 Å². The Morgan fingerprint density at radius 2 is 1.81 bits per heavy atom. The van der Waals surface area contributed by atoms with E-state index in [0.717, 1.165) is 16.6 Å². The number of nitrogens with zero attached hydrogens (tertiary/aromatic N) is 1. The van der Waals surface area contributed by atoms with Crippen LogP contribution < -0.4 is 5.32 Å². The van der Waals surface area contributed by atoms with Crippen LogP contribution in [-0.4, -0.2) is 10.9 Å². The third-order valence-corrected chi connectivity index (χ3v) is 4.38. The molecule has 0 radical (unpaired) electrons. The van der Waals surface area contributed by atoms with Crippen LogP contribution in [0.5, 0.6) is 0 Å². The molecule has 0 spiro atoms. The van der Waals surface area contributed by atoms with Crippen molar-refractivity contribution in [2.45, 2.75) is 6.92 Å². The predicted octanol–water partition coefficient (Wildman–Crippen LogP) is 5.71. The minimum atomic E-state index is -0.209. The number of aryl methyl sites for hydroxylation is 1. The van der Waals surface area contributed by atoms with Gasteiger partial charge in [-0.1, -0.05) is 29.8 Å². The van der Waals surface area contributed by atoms with Crippen molar-refractivity contribution in [2.75, 3.05) is 5.32 Å². The summed E-state index contributed by atoms with van der Waals surface area (Å²) in [5, 5.41) is 3.45. The Labute approximate surface area is 155 Å². The van der Waals surface area contributed by atoms with Crippen LogP contribution in [-0.2, 0) is 0 Å². The zero-order valence-electron chi connectivity index (χ0n) is 14.0. The summed E-state index contributed by atoms with van der Waals surface area (Å²) in [7, 11) is 0. The zero-order chi connectivity index (χ0) is 18.1. The maximum absolute atomic E-state index is 12.3. The molecule has 0 aliphatic carbocycles. The molecule has 0 aliphatic heterocycles. The van der Waals surface area contributed by atoms with Crippen LogP contribution in [0.25, 0.3) is 22.6 Å². The molecular weight excluding hydrogens is 348 g/mol. The van der Waals surface area contributed by atoms with Gasteiger partial charge in [-0.2, -0.15) is 0 Å². The molecule has 128 valence electrons. The molecule has 0 saturated carbocycles. The molecule has 1 heterocycles. The fourth-order valence-corrected chi connectivity index (χ4v) is 2.86. The largest absolute Gasteiger partial charge is 0.436 e. The maximum Gasteiger partial charge on any atom is 0.255 e. The van der Waals surface area contributed by atoms with Crippen LogP contribution >= 0.6 is 11.6 Å². The quantitative estimate of drug-likeness (QED) is 0.508. The number of oxazole rings is 1. The Morgan fingerprint density at radius 3 is 2.58 bits per heavy atom. The highest BCUT2D eigenvalue weighted by Crippen LogP contribution is 2.28. The van der Waals surface area contributed by atoms with Crippen LogP contribution in [0.4, 0.5) is 5.69 Å².